The van der Waals surface area contributed by atoms with Crippen molar-refractivity contribution >= 4 is 23.4 Å². The molecule has 146 valence electrons. The largest absolute Gasteiger partial charge is 0.444 e. The van der Waals surface area contributed by atoms with Gasteiger partial charge in [0.15, 0.2) is 0 Å². The second-order valence-corrected chi connectivity index (χ2v) is 9.33. The lowest BCUT2D eigenvalue weighted by Crippen LogP contribution is -2.46. The standard InChI is InChI=1S/C21H28ClN3O2/c1-15-12-21(7-9-24(10-8-21)19(26)27-20(2,3)4)14-25(15)17-6-5-16(13-23)18(22)11-17/h5-6,11,15H,7-10,12,14H2,1-4H3. The number of rotatable bonds is 1. The van der Waals surface area contributed by atoms with E-state index in [0.717, 1.165) is 44.6 Å². The van der Waals surface area contributed by atoms with Crippen LogP contribution in [-0.4, -0.2) is 42.3 Å². The predicted molar refractivity (Wildman–Crippen MR) is 107 cm³/mol. The highest BCUT2D eigenvalue weighted by Gasteiger charge is 2.45. The summed E-state index contributed by atoms with van der Waals surface area (Å²) in [6.45, 7) is 10.4. The smallest absolute Gasteiger partial charge is 0.410 e. The van der Waals surface area contributed by atoms with Crippen LogP contribution in [0.5, 0.6) is 0 Å². The molecule has 27 heavy (non-hydrogen) atoms. The Labute approximate surface area is 166 Å². The van der Waals surface area contributed by atoms with Crippen molar-refractivity contribution in [2.45, 2.75) is 58.6 Å². The highest BCUT2D eigenvalue weighted by atomic mass is 35.5. The van der Waals surface area contributed by atoms with Gasteiger partial charge in [-0.1, -0.05) is 11.6 Å². The molecular weight excluding hydrogens is 362 g/mol. The average molecular weight is 390 g/mol. The van der Waals surface area contributed by atoms with Gasteiger partial charge in [-0.2, -0.15) is 5.26 Å². The van der Waals surface area contributed by atoms with Crippen LogP contribution in [0, 0.1) is 16.7 Å². The molecule has 0 radical (unpaired) electrons. The first kappa shape index (κ1) is 19.8. The Morgan fingerprint density at radius 2 is 2.00 bits per heavy atom. The summed E-state index contributed by atoms with van der Waals surface area (Å²) >= 11 is 6.23. The maximum absolute atomic E-state index is 12.3. The van der Waals surface area contributed by atoms with Crippen LogP contribution in [-0.2, 0) is 4.74 Å². The summed E-state index contributed by atoms with van der Waals surface area (Å²) in [7, 11) is 0. The zero-order chi connectivity index (χ0) is 19.8. The van der Waals surface area contributed by atoms with Gasteiger partial charge in [0.05, 0.1) is 10.6 Å². The Hall–Kier alpha value is -1.93. The van der Waals surface area contributed by atoms with Crippen LogP contribution in [0.25, 0.3) is 0 Å². The summed E-state index contributed by atoms with van der Waals surface area (Å²) in [5.41, 5.74) is 1.34. The highest BCUT2D eigenvalue weighted by molar-refractivity contribution is 6.32. The number of hydrogen-bond acceptors (Lipinski definition) is 4. The van der Waals surface area contributed by atoms with Crippen LogP contribution in [0.4, 0.5) is 10.5 Å². The quantitative estimate of drug-likeness (QED) is 0.690. The Balaban J connectivity index is 1.66. The number of halogens is 1. The lowest BCUT2D eigenvalue weighted by atomic mass is 9.77. The minimum atomic E-state index is -0.459. The number of ether oxygens (including phenoxy) is 1. The summed E-state index contributed by atoms with van der Waals surface area (Å²) in [5.74, 6) is 0. The number of benzene rings is 1. The lowest BCUT2D eigenvalue weighted by Gasteiger charge is -2.39. The molecule has 1 atom stereocenters. The number of carbonyl (C=O) groups is 1. The molecule has 1 amide bonds. The molecule has 0 aliphatic carbocycles. The van der Waals surface area contributed by atoms with E-state index in [2.05, 4.69) is 17.9 Å². The molecule has 0 N–H and O–H groups in total. The molecule has 1 spiro atoms. The topological polar surface area (TPSA) is 56.6 Å². The van der Waals surface area contributed by atoms with E-state index in [1.165, 1.54) is 0 Å². The van der Waals surface area contributed by atoms with E-state index < -0.39 is 5.60 Å². The molecule has 0 saturated carbocycles. The van der Waals surface area contributed by atoms with E-state index in [4.69, 9.17) is 21.6 Å². The van der Waals surface area contributed by atoms with Crippen molar-refractivity contribution in [2.75, 3.05) is 24.5 Å². The number of carbonyl (C=O) groups excluding carboxylic acids is 1. The van der Waals surface area contributed by atoms with Crippen molar-refractivity contribution < 1.29 is 9.53 Å². The molecule has 2 saturated heterocycles. The fourth-order valence-corrected chi connectivity index (χ4v) is 4.51. The van der Waals surface area contributed by atoms with Crippen molar-refractivity contribution in [1.29, 1.82) is 5.26 Å². The van der Waals surface area contributed by atoms with Gasteiger partial charge in [0.25, 0.3) is 0 Å². The SMILES string of the molecule is CC1CC2(CCN(C(=O)OC(C)(C)C)CC2)CN1c1ccc(C#N)c(Cl)c1. The molecule has 0 aromatic heterocycles. The van der Waals surface area contributed by atoms with Crippen LogP contribution < -0.4 is 4.90 Å². The van der Waals surface area contributed by atoms with Crippen molar-refractivity contribution in [1.82, 2.24) is 4.90 Å². The number of piperidine rings is 1. The van der Waals surface area contributed by atoms with E-state index in [9.17, 15) is 4.79 Å². The van der Waals surface area contributed by atoms with Crippen LogP contribution in [0.15, 0.2) is 18.2 Å². The van der Waals surface area contributed by atoms with Gasteiger partial charge in [-0.15, -0.1) is 0 Å². The maximum Gasteiger partial charge on any atom is 0.410 e. The summed E-state index contributed by atoms with van der Waals surface area (Å²) < 4.78 is 5.51. The molecule has 1 unspecified atom stereocenters. The predicted octanol–water partition coefficient (Wildman–Crippen LogP) is 4.83. The van der Waals surface area contributed by atoms with Gasteiger partial charge in [0.2, 0.25) is 0 Å². The van der Waals surface area contributed by atoms with E-state index in [1.807, 2.05) is 37.8 Å². The molecule has 0 bridgehead atoms. The molecule has 6 heteroatoms. The Morgan fingerprint density at radius 1 is 1.33 bits per heavy atom. The van der Waals surface area contributed by atoms with Gasteiger partial charge < -0.3 is 14.5 Å². The summed E-state index contributed by atoms with van der Waals surface area (Å²) in [5, 5.41) is 9.58. The first-order chi connectivity index (χ1) is 12.6. The molecule has 2 fully saturated rings. The monoisotopic (exact) mass is 389 g/mol. The van der Waals surface area contributed by atoms with Gasteiger partial charge in [-0.25, -0.2) is 4.79 Å². The molecule has 2 aliphatic rings. The zero-order valence-corrected chi connectivity index (χ0v) is 17.3. The first-order valence-electron chi connectivity index (χ1n) is 9.57. The fourth-order valence-electron chi connectivity index (χ4n) is 4.29. The third-order valence-electron chi connectivity index (χ3n) is 5.65. The minimum absolute atomic E-state index is 0.209. The zero-order valence-electron chi connectivity index (χ0n) is 16.6. The molecule has 1 aromatic carbocycles. The van der Waals surface area contributed by atoms with Gasteiger partial charge >= 0.3 is 6.09 Å². The molecule has 5 nitrogen and oxygen atoms in total. The van der Waals surface area contributed by atoms with Crippen molar-refractivity contribution in [2.24, 2.45) is 5.41 Å². The molecular formula is C21H28ClN3O2. The van der Waals surface area contributed by atoms with Crippen LogP contribution in [0.1, 0.15) is 52.5 Å². The Morgan fingerprint density at radius 3 is 2.56 bits per heavy atom. The van der Waals surface area contributed by atoms with Crippen molar-refractivity contribution in [3.05, 3.63) is 28.8 Å². The molecule has 1 aromatic rings. The average Bonchev–Trinajstić information content (AvgIpc) is 2.90. The number of amides is 1. The van der Waals surface area contributed by atoms with Crippen molar-refractivity contribution in [3.63, 3.8) is 0 Å². The normalized spacial score (nSPS) is 22.0. The van der Waals surface area contributed by atoms with Gasteiger partial charge in [0, 0.05) is 31.4 Å². The number of hydrogen-bond donors (Lipinski definition) is 0. The summed E-state index contributed by atoms with van der Waals surface area (Å²) in [6.07, 6.45) is 2.86. The second kappa shape index (κ2) is 7.24. The number of likely N-dealkylation sites (tertiary alicyclic amines) is 1. The number of anilines is 1. The lowest BCUT2D eigenvalue weighted by molar-refractivity contribution is 0.0120. The van der Waals surface area contributed by atoms with E-state index in [0.29, 0.717) is 16.6 Å². The second-order valence-electron chi connectivity index (χ2n) is 8.92. The van der Waals surface area contributed by atoms with Crippen LogP contribution in [0.2, 0.25) is 5.02 Å². The fraction of sp³-hybridized carbons (Fsp3) is 0.619. The molecule has 2 aliphatic heterocycles. The van der Waals surface area contributed by atoms with Crippen molar-refractivity contribution in [3.8, 4) is 6.07 Å². The van der Waals surface area contributed by atoms with Crippen LogP contribution in [0.3, 0.4) is 0 Å². The third kappa shape index (κ3) is 4.32. The Bertz CT molecular complexity index is 758. The summed E-state index contributed by atoms with van der Waals surface area (Å²) in [6, 6.07) is 8.19. The molecule has 2 heterocycles. The van der Waals surface area contributed by atoms with E-state index in [1.54, 1.807) is 6.07 Å². The molecule has 3 rings (SSSR count). The maximum atomic E-state index is 12.3. The number of nitrogens with zero attached hydrogens (tertiary/aromatic N) is 3. The Kier molecular flexibility index (Phi) is 5.31. The minimum Gasteiger partial charge on any atom is -0.444 e. The van der Waals surface area contributed by atoms with E-state index in [-0.39, 0.29) is 11.5 Å². The summed E-state index contributed by atoms with van der Waals surface area (Å²) in [4.78, 5) is 16.5. The van der Waals surface area contributed by atoms with Crippen LogP contribution >= 0.6 is 11.6 Å². The van der Waals surface area contributed by atoms with Gasteiger partial charge in [-0.3, -0.25) is 0 Å². The highest BCUT2D eigenvalue weighted by Crippen LogP contribution is 2.45. The van der Waals surface area contributed by atoms with Gasteiger partial charge in [0.1, 0.15) is 11.7 Å². The first-order valence-corrected chi connectivity index (χ1v) is 9.94. The number of nitriles is 1. The van der Waals surface area contributed by atoms with E-state index >= 15 is 0 Å². The third-order valence-corrected chi connectivity index (χ3v) is 5.96. The van der Waals surface area contributed by atoms with Gasteiger partial charge in [-0.05, 0) is 70.6 Å².